The number of ether oxygens (including phenoxy) is 2. The van der Waals surface area contributed by atoms with Gasteiger partial charge in [0.15, 0.2) is 5.96 Å². The lowest BCUT2D eigenvalue weighted by Gasteiger charge is -2.32. The van der Waals surface area contributed by atoms with Crippen molar-refractivity contribution in [1.29, 1.82) is 0 Å². The third-order valence-corrected chi connectivity index (χ3v) is 5.34. The molecule has 0 amide bonds. The highest BCUT2D eigenvalue weighted by Crippen LogP contribution is 2.25. The van der Waals surface area contributed by atoms with Crippen molar-refractivity contribution in [2.75, 3.05) is 74.1 Å². The maximum atomic E-state index is 5.53. The maximum Gasteiger partial charge on any atom is 0.193 e. The molecule has 0 aliphatic carbocycles. The minimum absolute atomic E-state index is 0. The van der Waals surface area contributed by atoms with E-state index in [0.717, 1.165) is 49.1 Å². The van der Waals surface area contributed by atoms with Crippen molar-refractivity contribution in [3.8, 4) is 11.5 Å². The lowest BCUT2D eigenvalue weighted by Crippen LogP contribution is -2.44. The number of guanidine groups is 1. The predicted molar refractivity (Wildman–Crippen MR) is 136 cm³/mol. The summed E-state index contributed by atoms with van der Waals surface area (Å²) in [5.74, 6) is 2.57. The van der Waals surface area contributed by atoms with Crippen LogP contribution in [0.4, 0.5) is 0 Å². The molecule has 1 saturated heterocycles. The Morgan fingerprint density at radius 1 is 1.13 bits per heavy atom. The molecule has 0 atom stereocenters. The fraction of sp³-hybridized carbons (Fsp3) is 0.682. The average Bonchev–Trinajstić information content (AvgIpc) is 2.74. The highest BCUT2D eigenvalue weighted by molar-refractivity contribution is 14.0. The van der Waals surface area contributed by atoms with Gasteiger partial charge in [-0.15, -0.1) is 24.0 Å². The van der Waals surface area contributed by atoms with E-state index in [4.69, 9.17) is 14.5 Å². The average molecular weight is 533 g/mol. The third-order valence-electron chi connectivity index (χ3n) is 5.34. The standard InChI is InChI=1S/C22H39N5O2.HI/c1-6-23-22(24-11-7-8-12-27-15-13-25(2)14-16-27)26(3)18-19-9-10-20(28-4)17-21(19)29-5;/h9-10,17H,6-8,11-16,18H2,1-5H3,(H,23,24);1H. The zero-order chi connectivity index (χ0) is 21.1. The fourth-order valence-electron chi connectivity index (χ4n) is 3.49. The van der Waals surface area contributed by atoms with Crippen molar-refractivity contribution >= 4 is 29.9 Å². The Morgan fingerprint density at radius 2 is 1.87 bits per heavy atom. The molecule has 0 unspecified atom stereocenters. The van der Waals surface area contributed by atoms with E-state index in [2.05, 4.69) is 41.0 Å². The predicted octanol–water partition coefficient (Wildman–Crippen LogP) is 2.75. The summed E-state index contributed by atoms with van der Waals surface area (Å²) in [5, 5.41) is 3.40. The number of nitrogens with zero attached hydrogens (tertiary/aromatic N) is 4. The number of hydrogen-bond donors (Lipinski definition) is 1. The summed E-state index contributed by atoms with van der Waals surface area (Å²) < 4.78 is 10.8. The van der Waals surface area contributed by atoms with E-state index in [-0.39, 0.29) is 24.0 Å². The van der Waals surface area contributed by atoms with Crippen LogP contribution in [0.3, 0.4) is 0 Å². The summed E-state index contributed by atoms with van der Waals surface area (Å²) in [6.45, 7) is 10.4. The van der Waals surface area contributed by atoms with Crippen molar-refractivity contribution in [2.45, 2.75) is 26.3 Å². The minimum Gasteiger partial charge on any atom is -0.497 e. The number of unbranched alkanes of at least 4 members (excludes halogenated alkanes) is 1. The van der Waals surface area contributed by atoms with Crippen LogP contribution < -0.4 is 14.8 Å². The number of rotatable bonds is 10. The number of nitrogens with one attached hydrogen (secondary N) is 1. The number of methoxy groups -OCH3 is 2. The van der Waals surface area contributed by atoms with Crippen LogP contribution in [0.25, 0.3) is 0 Å². The summed E-state index contributed by atoms with van der Waals surface area (Å²) in [7, 11) is 7.62. The van der Waals surface area contributed by atoms with Gasteiger partial charge in [-0.3, -0.25) is 4.99 Å². The second kappa shape index (κ2) is 14.7. The Balaban J connectivity index is 0.00000450. The zero-order valence-corrected chi connectivity index (χ0v) is 21.6. The van der Waals surface area contributed by atoms with Gasteiger partial charge in [0, 0.05) is 64.5 Å². The van der Waals surface area contributed by atoms with Crippen LogP contribution in [0.5, 0.6) is 11.5 Å². The first-order valence-electron chi connectivity index (χ1n) is 10.7. The first kappa shape index (κ1) is 26.8. The van der Waals surface area contributed by atoms with Crippen molar-refractivity contribution in [1.82, 2.24) is 20.0 Å². The van der Waals surface area contributed by atoms with E-state index in [1.165, 1.54) is 39.1 Å². The van der Waals surface area contributed by atoms with Crippen LogP contribution in [0.15, 0.2) is 23.2 Å². The second-order valence-corrected chi connectivity index (χ2v) is 7.62. The highest BCUT2D eigenvalue weighted by atomic mass is 127. The highest BCUT2D eigenvalue weighted by Gasteiger charge is 2.13. The number of halogens is 1. The van der Waals surface area contributed by atoms with E-state index in [1.54, 1.807) is 14.2 Å². The number of aliphatic imine (C=N–C) groups is 1. The van der Waals surface area contributed by atoms with Crippen LogP contribution >= 0.6 is 24.0 Å². The topological polar surface area (TPSA) is 52.6 Å². The summed E-state index contributed by atoms with van der Waals surface area (Å²) in [6, 6.07) is 5.94. The van der Waals surface area contributed by atoms with Crippen LogP contribution in [0.2, 0.25) is 0 Å². The summed E-state index contributed by atoms with van der Waals surface area (Å²) >= 11 is 0. The van der Waals surface area contributed by atoms with Gasteiger partial charge in [-0.1, -0.05) is 0 Å². The van der Waals surface area contributed by atoms with Gasteiger partial charge in [0.05, 0.1) is 14.2 Å². The molecule has 1 aromatic carbocycles. The summed E-state index contributed by atoms with van der Waals surface area (Å²) in [6.07, 6.45) is 2.31. The number of hydrogen-bond acceptors (Lipinski definition) is 5. The Hall–Kier alpha value is -1.26. The third kappa shape index (κ3) is 8.85. The molecule has 30 heavy (non-hydrogen) atoms. The van der Waals surface area contributed by atoms with E-state index in [1.807, 2.05) is 18.2 Å². The minimum atomic E-state index is 0. The van der Waals surface area contributed by atoms with Crippen molar-refractivity contribution < 1.29 is 9.47 Å². The molecular weight excluding hydrogens is 493 g/mol. The van der Waals surface area contributed by atoms with Gasteiger partial charge in [0.1, 0.15) is 11.5 Å². The molecule has 7 nitrogen and oxygen atoms in total. The molecule has 1 aliphatic rings. The van der Waals surface area contributed by atoms with E-state index in [0.29, 0.717) is 0 Å². The normalized spacial score (nSPS) is 15.4. The molecule has 0 bridgehead atoms. The van der Waals surface area contributed by atoms with Crippen LogP contribution in [-0.2, 0) is 6.54 Å². The second-order valence-electron chi connectivity index (χ2n) is 7.62. The molecule has 1 aliphatic heterocycles. The first-order valence-corrected chi connectivity index (χ1v) is 10.7. The van der Waals surface area contributed by atoms with Crippen molar-refractivity contribution in [2.24, 2.45) is 4.99 Å². The van der Waals surface area contributed by atoms with Gasteiger partial charge >= 0.3 is 0 Å². The first-order chi connectivity index (χ1) is 14.1. The summed E-state index contributed by atoms with van der Waals surface area (Å²) in [5.41, 5.74) is 1.11. The van der Waals surface area contributed by atoms with E-state index >= 15 is 0 Å². The van der Waals surface area contributed by atoms with Gasteiger partial charge in [-0.25, -0.2) is 0 Å². The lowest BCUT2D eigenvalue weighted by atomic mass is 10.2. The Kier molecular flexibility index (Phi) is 13.1. The molecule has 1 N–H and O–H groups in total. The van der Waals surface area contributed by atoms with Crippen molar-refractivity contribution in [3.05, 3.63) is 23.8 Å². The largest absolute Gasteiger partial charge is 0.497 e. The van der Waals surface area contributed by atoms with Gasteiger partial charge < -0.3 is 29.5 Å². The molecule has 0 spiro atoms. The zero-order valence-electron chi connectivity index (χ0n) is 19.3. The van der Waals surface area contributed by atoms with Crippen LogP contribution in [0, 0.1) is 0 Å². The maximum absolute atomic E-state index is 5.53. The SMILES string of the molecule is CCNC(=NCCCCN1CCN(C)CC1)N(C)Cc1ccc(OC)cc1OC.I. The molecule has 0 saturated carbocycles. The van der Waals surface area contributed by atoms with Gasteiger partial charge in [-0.2, -0.15) is 0 Å². The monoisotopic (exact) mass is 533 g/mol. The molecule has 1 fully saturated rings. The molecule has 2 rings (SSSR count). The number of likely N-dealkylation sites (N-methyl/N-ethyl adjacent to an activating group) is 1. The Morgan fingerprint density at radius 3 is 2.50 bits per heavy atom. The molecule has 1 aromatic rings. The molecule has 8 heteroatoms. The fourth-order valence-corrected chi connectivity index (χ4v) is 3.49. The Bertz CT molecular complexity index is 636. The quantitative estimate of drug-likeness (QED) is 0.216. The van der Waals surface area contributed by atoms with Gasteiger partial charge in [0.25, 0.3) is 0 Å². The molecule has 0 radical (unpaired) electrons. The number of piperazine rings is 1. The van der Waals surface area contributed by atoms with E-state index in [9.17, 15) is 0 Å². The smallest absolute Gasteiger partial charge is 0.193 e. The lowest BCUT2D eigenvalue weighted by molar-refractivity contribution is 0.152. The molecule has 0 aromatic heterocycles. The van der Waals surface area contributed by atoms with Gasteiger partial charge in [-0.05, 0) is 45.5 Å². The Labute approximate surface area is 199 Å². The van der Waals surface area contributed by atoms with Crippen LogP contribution in [0.1, 0.15) is 25.3 Å². The summed E-state index contributed by atoms with van der Waals surface area (Å²) in [4.78, 5) is 11.9. The molecular formula is C22H40IN5O2. The van der Waals surface area contributed by atoms with Crippen LogP contribution in [-0.4, -0.2) is 94.8 Å². The molecule has 1 heterocycles. The molecule has 172 valence electrons. The van der Waals surface area contributed by atoms with Crippen molar-refractivity contribution in [3.63, 3.8) is 0 Å². The van der Waals surface area contributed by atoms with E-state index < -0.39 is 0 Å². The number of benzene rings is 1. The van der Waals surface area contributed by atoms with Gasteiger partial charge in [0.2, 0.25) is 0 Å².